The van der Waals surface area contributed by atoms with E-state index in [-0.39, 0.29) is 5.56 Å². The van der Waals surface area contributed by atoms with Crippen molar-refractivity contribution in [2.45, 2.75) is 32.7 Å². The van der Waals surface area contributed by atoms with Crippen LogP contribution in [0.1, 0.15) is 26.2 Å². The third-order valence-corrected chi connectivity index (χ3v) is 2.83. The lowest BCUT2D eigenvalue weighted by molar-refractivity contribution is 0.552. The van der Waals surface area contributed by atoms with Crippen molar-refractivity contribution in [3.63, 3.8) is 0 Å². The summed E-state index contributed by atoms with van der Waals surface area (Å²) in [6.07, 6.45) is 6.36. The molecule has 0 amide bonds. The molecule has 0 aliphatic rings. The molecule has 0 fully saturated rings. The monoisotopic (exact) mass is 287 g/mol. The van der Waals surface area contributed by atoms with Crippen molar-refractivity contribution >= 4 is 15.9 Å². The number of rotatable bonds is 7. The fourth-order valence-electron chi connectivity index (χ4n) is 1.42. The van der Waals surface area contributed by atoms with Crippen LogP contribution in [0.25, 0.3) is 0 Å². The Labute approximate surface area is 104 Å². The van der Waals surface area contributed by atoms with E-state index < -0.39 is 0 Å². The molecule has 0 saturated heterocycles. The molecule has 0 bridgehead atoms. The zero-order valence-corrected chi connectivity index (χ0v) is 11.2. The van der Waals surface area contributed by atoms with Crippen molar-refractivity contribution in [1.82, 2.24) is 14.9 Å². The molecule has 0 aliphatic heterocycles. The lowest BCUT2D eigenvalue weighted by Gasteiger charge is -2.05. The van der Waals surface area contributed by atoms with E-state index >= 15 is 0 Å². The zero-order valence-electron chi connectivity index (χ0n) is 9.58. The van der Waals surface area contributed by atoms with E-state index in [9.17, 15) is 4.79 Å². The molecular weight excluding hydrogens is 270 g/mol. The first-order valence-electron chi connectivity index (χ1n) is 5.66. The van der Waals surface area contributed by atoms with Crippen LogP contribution in [0.5, 0.6) is 0 Å². The van der Waals surface area contributed by atoms with Gasteiger partial charge in [0.1, 0.15) is 4.47 Å². The van der Waals surface area contributed by atoms with Crippen LogP contribution in [-0.2, 0) is 6.54 Å². The summed E-state index contributed by atoms with van der Waals surface area (Å²) in [6, 6.07) is 0. The molecule has 0 aliphatic carbocycles. The predicted octanol–water partition coefficient (Wildman–Crippen LogP) is 1.79. The first-order valence-corrected chi connectivity index (χ1v) is 6.45. The van der Waals surface area contributed by atoms with Crippen molar-refractivity contribution in [2.24, 2.45) is 0 Å². The van der Waals surface area contributed by atoms with Crippen molar-refractivity contribution in [1.29, 1.82) is 0 Å². The van der Waals surface area contributed by atoms with Crippen LogP contribution in [0.2, 0.25) is 0 Å². The summed E-state index contributed by atoms with van der Waals surface area (Å²) in [6.45, 7) is 4.97. The Balaban J connectivity index is 2.27. The Morgan fingerprint density at radius 2 is 2.25 bits per heavy atom. The minimum atomic E-state index is -0.00322. The standard InChI is InChI=1S/C11H18BrN3O/c1-2-5-13-6-3-4-7-15-9-14-8-10(12)11(15)16/h8-9,13H,2-7H2,1H3. The SMILES string of the molecule is CCCNCCCCn1cncc(Br)c1=O. The molecular formula is C11H18BrN3O. The van der Waals surface area contributed by atoms with Crippen molar-refractivity contribution < 1.29 is 0 Å². The molecule has 0 radical (unpaired) electrons. The van der Waals surface area contributed by atoms with Crippen LogP contribution < -0.4 is 10.9 Å². The van der Waals surface area contributed by atoms with Crippen molar-refractivity contribution in [3.8, 4) is 0 Å². The molecule has 5 heteroatoms. The number of hydrogen-bond acceptors (Lipinski definition) is 3. The summed E-state index contributed by atoms with van der Waals surface area (Å²) in [5.41, 5.74) is -0.00322. The summed E-state index contributed by atoms with van der Waals surface area (Å²) >= 11 is 3.18. The highest BCUT2D eigenvalue weighted by molar-refractivity contribution is 9.10. The van der Waals surface area contributed by atoms with E-state index in [4.69, 9.17) is 0 Å². The van der Waals surface area contributed by atoms with Crippen LogP contribution in [0.15, 0.2) is 21.8 Å². The number of aryl methyl sites for hydroxylation is 1. The van der Waals surface area contributed by atoms with E-state index in [1.54, 1.807) is 10.9 Å². The Morgan fingerprint density at radius 1 is 1.44 bits per heavy atom. The molecule has 0 spiro atoms. The Morgan fingerprint density at radius 3 is 3.00 bits per heavy atom. The number of hydrogen-bond donors (Lipinski definition) is 1. The first-order chi connectivity index (χ1) is 7.75. The fraction of sp³-hybridized carbons (Fsp3) is 0.636. The van der Waals surface area contributed by atoms with Gasteiger partial charge in [-0.1, -0.05) is 6.92 Å². The largest absolute Gasteiger partial charge is 0.317 e. The summed E-state index contributed by atoms with van der Waals surface area (Å²) in [4.78, 5) is 15.6. The maximum Gasteiger partial charge on any atom is 0.267 e. The Hall–Kier alpha value is -0.680. The molecule has 4 nitrogen and oxygen atoms in total. The van der Waals surface area contributed by atoms with Gasteiger partial charge in [-0.3, -0.25) is 9.36 Å². The number of aromatic nitrogens is 2. The van der Waals surface area contributed by atoms with Crippen LogP contribution in [-0.4, -0.2) is 22.6 Å². The molecule has 16 heavy (non-hydrogen) atoms. The highest BCUT2D eigenvalue weighted by Gasteiger charge is 1.99. The quantitative estimate of drug-likeness (QED) is 0.778. The normalized spacial score (nSPS) is 10.6. The second kappa shape index (κ2) is 7.57. The van der Waals surface area contributed by atoms with Gasteiger partial charge in [0.05, 0.1) is 6.33 Å². The minimum Gasteiger partial charge on any atom is -0.317 e. The summed E-state index contributed by atoms with van der Waals surface area (Å²) < 4.78 is 2.17. The van der Waals surface area contributed by atoms with Gasteiger partial charge in [-0.25, -0.2) is 4.98 Å². The van der Waals surface area contributed by atoms with Gasteiger partial charge in [-0.15, -0.1) is 0 Å². The lowest BCUT2D eigenvalue weighted by Crippen LogP contribution is -2.22. The third-order valence-electron chi connectivity index (χ3n) is 2.29. The van der Waals surface area contributed by atoms with E-state index in [0.717, 1.165) is 38.9 Å². The summed E-state index contributed by atoms with van der Waals surface area (Å²) in [7, 11) is 0. The van der Waals surface area contributed by atoms with E-state index in [1.807, 2.05) is 0 Å². The lowest BCUT2D eigenvalue weighted by atomic mass is 10.3. The summed E-state index contributed by atoms with van der Waals surface area (Å²) in [5.74, 6) is 0. The maximum atomic E-state index is 11.6. The highest BCUT2D eigenvalue weighted by Crippen LogP contribution is 1.99. The number of nitrogens with zero attached hydrogens (tertiary/aromatic N) is 2. The van der Waals surface area contributed by atoms with Crippen LogP contribution in [0.4, 0.5) is 0 Å². The minimum absolute atomic E-state index is 0.00322. The first kappa shape index (κ1) is 13.4. The van der Waals surface area contributed by atoms with Crippen LogP contribution >= 0.6 is 15.9 Å². The van der Waals surface area contributed by atoms with E-state index in [2.05, 4.69) is 33.2 Å². The van der Waals surface area contributed by atoms with Gasteiger partial charge in [0.2, 0.25) is 0 Å². The number of unbranched alkanes of at least 4 members (excludes halogenated alkanes) is 1. The molecule has 0 saturated carbocycles. The van der Waals surface area contributed by atoms with Gasteiger partial charge in [0, 0.05) is 12.7 Å². The average Bonchev–Trinajstić information content (AvgIpc) is 2.29. The molecule has 90 valence electrons. The van der Waals surface area contributed by atoms with Gasteiger partial charge in [-0.05, 0) is 48.3 Å². The van der Waals surface area contributed by atoms with Gasteiger partial charge in [0.15, 0.2) is 0 Å². The molecule has 0 aromatic carbocycles. The number of nitrogens with one attached hydrogen (secondary N) is 1. The van der Waals surface area contributed by atoms with Crippen molar-refractivity contribution in [3.05, 3.63) is 27.4 Å². The molecule has 0 atom stereocenters. The highest BCUT2D eigenvalue weighted by atomic mass is 79.9. The third kappa shape index (κ3) is 4.45. The maximum absolute atomic E-state index is 11.6. The van der Waals surface area contributed by atoms with Gasteiger partial charge in [-0.2, -0.15) is 0 Å². The van der Waals surface area contributed by atoms with Crippen molar-refractivity contribution in [2.75, 3.05) is 13.1 Å². The van der Waals surface area contributed by atoms with Crippen LogP contribution in [0.3, 0.4) is 0 Å². The molecule has 1 aromatic rings. The zero-order chi connectivity index (χ0) is 11.8. The molecule has 1 N–H and O–H groups in total. The number of halogens is 1. The van der Waals surface area contributed by atoms with Gasteiger partial charge >= 0.3 is 0 Å². The average molecular weight is 288 g/mol. The summed E-state index contributed by atoms with van der Waals surface area (Å²) in [5, 5.41) is 3.34. The van der Waals surface area contributed by atoms with Gasteiger partial charge < -0.3 is 5.32 Å². The van der Waals surface area contributed by atoms with Gasteiger partial charge in [0.25, 0.3) is 5.56 Å². The Bertz CT molecular complexity index is 364. The molecule has 1 aromatic heterocycles. The predicted molar refractivity (Wildman–Crippen MR) is 68.6 cm³/mol. The topological polar surface area (TPSA) is 46.9 Å². The fourth-order valence-corrected chi connectivity index (χ4v) is 1.76. The second-order valence-electron chi connectivity index (χ2n) is 3.70. The van der Waals surface area contributed by atoms with E-state index in [0.29, 0.717) is 4.47 Å². The smallest absolute Gasteiger partial charge is 0.267 e. The van der Waals surface area contributed by atoms with Crippen LogP contribution in [0, 0.1) is 0 Å². The van der Waals surface area contributed by atoms with E-state index in [1.165, 1.54) is 6.20 Å². The molecule has 1 heterocycles. The second-order valence-corrected chi connectivity index (χ2v) is 4.55. The molecule has 0 unspecified atom stereocenters. The Kier molecular flexibility index (Phi) is 6.33. The molecule has 1 rings (SSSR count).